The summed E-state index contributed by atoms with van der Waals surface area (Å²) < 4.78 is 10.9. The number of benzene rings is 2. The van der Waals surface area contributed by atoms with E-state index in [4.69, 9.17) is 9.47 Å². The summed E-state index contributed by atoms with van der Waals surface area (Å²) >= 11 is 1.32. The third-order valence-corrected chi connectivity index (χ3v) is 4.58. The van der Waals surface area contributed by atoms with Crippen molar-refractivity contribution in [1.82, 2.24) is 5.32 Å². The van der Waals surface area contributed by atoms with Crippen LogP contribution in [0.25, 0.3) is 6.08 Å². The number of hydrogen-bond acceptors (Lipinski definition) is 5. The van der Waals surface area contributed by atoms with E-state index in [2.05, 4.69) is 10.3 Å². The fourth-order valence-corrected chi connectivity index (χ4v) is 3.34. The molecule has 2 aromatic carbocycles. The van der Waals surface area contributed by atoms with Gasteiger partial charge >= 0.3 is 0 Å². The zero-order valence-corrected chi connectivity index (χ0v) is 15.7. The van der Waals surface area contributed by atoms with Crippen molar-refractivity contribution in [3.05, 3.63) is 58.5 Å². The fourth-order valence-electron chi connectivity index (χ4n) is 2.50. The second kappa shape index (κ2) is 8.10. The first-order valence-corrected chi connectivity index (χ1v) is 9.08. The summed E-state index contributed by atoms with van der Waals surface area (Å²) in [5, 5.41) is 3.38. The molecule has 1 amide bonds. The molecular formula is C20H20N2O3S. The maximum absolute atomic E-state index is 12.2. The van der Waals surface area contributed by atoms with Crippen molar-refractivity contribution in [2.24, 2.45) is 4.99 Å². The van der Waals surface area contributed by atoms with E-state index in [1.54, 1.807) is 7.11 Å². The zero-order chi connectivity index (χ0) is 18.5. The number of aryl methyl sites for hydroxylation is 1. The number of hydrogen-bond donors (Lipinski definition) is 1. The van der Waals surface area contributed by atoms with E-state index >= 15 is 0 Å². The number of carbonyl (C=O) groups excluding carboxylic acids is 1. The SMILES string of the molecule is CCOc1ccc(C=C2SC(=Nc3cccc(C)c3)NC2=O)cc1OC. The molecule has 1 heterocycles. The average molecular weight is 368 g/mol. The van der Waals surface area contributed by atoms with Gasteiger partial charge in [0, 0.05) is 0 Å². The fraction of sp³-hybridized carbons (Fsp3) is 0.200. The third kappa shape index (κ3) is 4.26. The Bertz CT molecular complexity index is 890. The van der Waals surface area contributed by atoms with Crippen LogP contribution in [0, 0.1) is 6.92 Å². The molecule has 5 nitrogen and oxygen atoms in total. The Balaban J connectivity index is 1.82. The number of carbonyl (C=O) groups is 1. The van der Waals surface area contributed by atoms with Gasteiger partial charge in [-0.3, -0.25) is 4.79 Å². The number of aliphatic imine (C=N–C) groups is 1. The smallest absolute Gasteiger partial charge is 0.264 e. The standard InChI is InChI=1S/C20H20N2O3S/c1-4-25-16-9-8-14(11-17(16)24-3)12-18-19(23)22-20(26-18)21-15-7-5-6-13(2)10-15/h5-12H,4H2,1-3H3,(H,21,22,23). The molecule has 1 saturated heterocycles. The number of rotatable bonds is 5. The molecule has 0 aliphatic carbocycles. The molecule has 134 valence electrons. The maximum Gasteiger partial charge on any atom is 0.264 e. The summed E-state index contributed by atoms with van der Waals surface area (Å²) in [5.41, 5.74) is 2.80. The molecule has 1 aliphatic heterocycles. The third-order valence-electron chi connectivity index (χ3n) is 3.67. The Hall–Kier alpha value is -2.73. The van der Waals surface area contributed by atoms with Crippen LogP contribution in [0.15, 0.2) is 52.4 Å². The number of ether oxygens (including phenoxy) is 2. The Labute approximate surface area is 157 Å². The first-order valence-electron chi connectivity index (χ1n) is 8.26. The molecule has 0 unspecified atom stereocenters. The second-order valence-corrected chi connectivity index (χ2v) is 6.69. The minimum Gasteiger partial charge on any atom is -0.493 e. The van der Waals surface area contributed by atoms with Crippen molar-refractivity contribution in [2.45, 2.75) is 13.8 Å². The molecule has 2 aromatic rings. The van der Waals surface area contributed by atoms with Gasteiger partial charge in [-0.25, -0.2) is 4.99 Å². The monoisotopic (exact) mass is 368 g/mol. The van der Waals surface area contributed by atoms with Crippen LogP contribution in [-0.2, 0) is 4.79 Å². The van der Waals surface area contributed by atoms with E-state index in [9.17, 15) is 4.79 Å². The number of nitrogens with one attached hydrogen (secondary N) is 1. The molecule has 0 atom stereocenters. The molecule has 1 fully saturated rings. The van der Waals surface area contributed by atoms with Gasteiger partial charge in [-0.15, -0.1) is 0 Å². The topological polar surface area (TPSA) is 59.9 Å². The van der Waals surface area contributed by atoms with Gasteiger partial charge in [-0.2, -0.15) is 0 Å². The van der Waals surface area contributed by atoms with Crippen LogP contribution in [0.2, 0.25) is 0 Å². The van der Waals surface area contributed by atoms with Gasteiger partial charge in [0.25, 0.3) is 5.91 Å². The summed E-state index contributed by atoms with van der Waals surface area (Å²) in [7, 11) is 1.60. The molecule has 0 bridgehead atoms. The van der Waals surface area contributed by atoms with Gasteiger partial charge in [-0.05, 0) is 67.1 Å². The quantitative estimate of drug-likeness (QED) is 0.800. The number of amides is 1. The number of nitrogens with zero attached hydrogens (tertiary/aromatic N) is 1. The maximum atomic E-state index is 12.2. The number of methoxy groups -OCH3 is 1. The lowest BCUT2D eigenvalue weighted by Crippen LogP contribution is -2.19. The van der Waals surface area contributed by atoms with Gasteiger partial charge in [0.1, 0.15) is 0 Å². The van der Waals surface area contributed by atoms with Gasteiger partial charge in [0.15, 0.2) is 16.7 Å². The minimum atomic E-state index is -0.158. The van der Waals surface area contributed by atoms with Gasteiger partial charge in [0.05, 0.1) is 24.3 Å². The van der Waals surface area contributed by atoms with Crippen molar-refractivity contribution >= 4 is 34.6 Å². The Kier molecular flexibility index (Phi) is 5.63. The zero-order valence-electron chi connectivity index (χ0n) is 14.9. The van der Waals surface area contributed by atoms with Crippen LogP contribution in [0.4, 0.5) is 5.69 Å². The van der Waals surface area contributed by atoms with E-state index in [0.29, 0.717) is 28.2 Å². The lowest BCUT2D eigenvalue weighted by Gasteiger charge is -2.09. The van der Waals surface area contributed by atoms with Crippen LogP contribution in [-0.4, -0.2) is 24.8 Å². The Morgan fingerprint density at radius 3 is 2.77 bits per heavy atom. The molecule has 6 heteroatoms. The van der Waals surface area contributed by atoms with Crippen molar-refractivity contribution in [1.29, 1.82) is 0 Å². The largest absolute Gasteiger partial charge is 0.493 e. The number of amidine groups is 1. The minimum absolute atomic E-state index is 0.158. The van der Waals surface area contributed by atoms with E-state index < -0.39 is 0 Å². The van der Waals surface area contributed by atoms with Crippen molar-refractivity contribution in [2.75, 3.05) is 13.7 Å². The molecule has 0 radical (unpaired) electrons. The lowest BCUT2D eigenvalue weighted by atomic mass is 10.2. The van der Waals surface area contributed by atoms with Crippen LogP contribution in [0.5, 0.6) is 11.5 Å². The highest BCUT2D eigenvalue weighted by molar-refractivity contribution is 8.18. The lowest BCUT2D eigenvalue weighted by molar-refractivity contribution is -0.115. The molecular weight excluding hydrogens is 348 g/mol. The molecule has 1 N–H and O–H groups in total. The second-order valence-electron chi connectivity index (χ2n) is 5.66. The first kappa shape index (κ1) is 18.1. The molecule has 0 saturated carbocycles. The van der Waals surface area contributed by atoms with E-state index in [0.717, 1.165) is 16.8 Å². The average Bonchev–Trinajstić information content (AvgIpc) is 2.95. The summed E-state index contributed by atoms with van der Waals surface area (Å²) in [6.45, 7) is 4.49. The summed E-state index contributed by atoms with van der Waals surface area (Å²) in [4.78, 5) is 17.3. The Morgan fingerprint density at radius 1 is 1.19 bits per heavy atom. The van der Waals surface area contributed by atoms with Gasteiger partial charge < -0.3 is 14.8 Å². The molecule has 0 aromatic heterocycles. The van der Waals surface area contributed by atoms with Crippen LogP contribution < -0.4 is 14.8 Å². The van der Waals surface area contributed by atoms with Crippen LogP contribution in [0.3, 0.4) is 0 Å². The van der Waals surface area contributed by atoms with Crippen LogP contribution >= 0.6 is 11.8 Å². The predicted molar refractivity (Wildman–Crippen MR) is 106 cm³/mol. The normalized spacial score (nSPS) is 16.8. The van der Waals surface area contributed by atoms with Crippen LogP contribution in [0.1, 0.15) is 18.1 Å². The van der Waals surface area contributed by atoms with Gasteiger partial charge in [-0.1, -0.05) is 18.2 Å². The summed E-state index contributed by atoms with van der Waals surface area (Å²) in [6, 6.07) is 13.4. The van der Waals surface area contributed by atoms with Crippen molar-refractivity contribution in [3.8, 4) is 11.5 Å². The highest BCUT2D eigenvalue weighted by Crippen LogP contribution is 2.32. The van der Waals surface area contributed by atoms with E-state index in [1.165, 1.54) is 11.8 Å². The summed E-state index contributed by atoms with van der Waals surface area (Å²) in [6.07, 6.45) is 1.82. The molecule has 3 rings (SSSR count). The van der Waals surface area contributed by atoms with E-state index in [1.807, 2.05) is 62.4 Å². The highest BCUT2D eigenvalue weighted by atomic mass is 32.2. The molecule has 0 spiro atoms. The van der Waals surface area contributed by atoms with Crippen molar-refractivity contribution in [3.63, 3.8) is 0 Å². The highest BCUT2D eigenvalue weighted by Gasteiger charge is 2.24. The first-order chi connectivity index (χ1) is 12.6. The van der Waals surface area contributed by atoms with Crippen molar-refractivity contribution < 1.29 is 14.3 Å². The summed E-state index contributed by atoms with van der Waals surface area (Å²) in [5.74, 6) is 1.16. The molecule has 1 aliphatic rings. The van der Waals surface area contributed by atoms with Gasteiger partial charge in [0.2, 0.25) is 0 Å². The predicted octanol–water partition coefficient (Wildman–Crippen LogP) is 4.29. The number of thioether (sulfide) groups is 1. The van der Waals surface area contributed by atoms with E-state index in [-0.39, 0.29) is 5.91 Å². The Morgan fingerprint density at radius 2 is 2.04 bits per heavy atom. The molecule has 26 heavy (non-hydrogen) atoms.